The van der Waals surface area contributed by atoms with Crippen molar-refractivity contribution in [3.8, 4) is 0 Å². The standard InChI is InChI=1S/C16H22F3N3O2.ClH/c1-3-15(4-2,9-20)14(24)22-12-7-5-11(6-8-12)13(23)21-10-16(17,18)19;/h5-8H,3-4,9-10,20H2,1-2H3,(H,21,23)(H,22,24);1H. The van der Waals surface area contributed by atoms with Gasteiger partial charge in [-0.1, -0.05) is 13.8 Å². The van der Waals surface area contributed by atoms with Crippen LogP contribution in [-0.2, 0) is 4.79 Å². The van der Waals surface area contributed by atoms with Gasteiger partial charge < -0.3 is 16.4 Å². The fraction of sp³-hybridized carbons (Fsp3) is 0.500. The van der Waals surface area contributed by atoms with E-state index < -0.39 is 24.0 Å². The average molecular weight is 382 g/mol. The van der Waals surface area contributed by atoms with Gasteiger partial charge in [-0.2, -0.15) is 13.2 Å². The van der Waals surface area contributed by atoms with Crippen LogP contribution in [0.2, 0.25) is 0 Å². The predicted octanol–water partition coefficient (Wildman–Crippen LogP) is 3.10. The normalized spacial score (nSPS) is 11.4. The molecule has 25 heavy (non-hydrogen) atoms. The van der Waals surface area contributed by atoms with E-state index in [4.69, 9.17) is 5.73 Å². The van der Waals surface area contributed by atoms with Crippen molar-refractivity contribution in [2.75, 3.05) is 18.4 Å². The fourth-order valence-corrected chi connectivity index (χ4v) is 2.20. The molecule has 1 rings (SSSR count). The lowest BCUT2D eigenvalue weighted by atomic mass is 9.81. The maximum absolute atomic E-state index is 12.4. The van der Waals surface area contributed by atoms with Crippen LogP contribution in [0.15, 0.2) is 24.3 Å². The molecule has 0 atom stereocenters. The first-order valence-corrected chi connectivity index (χ1v) is 7.64. The monoisotopic (exact) mass is 381 g/mol. The van der Waals surface area contributed by atoms with Gasteiger partial charge in [0.2, 0.25) is 5.91 Å². The van der Waals surface area contributed by atoms with E-state index in [1.807, 2.05) is 13.8 Å². The highest BCUT2D eigenvalue weighted by Gasteiger charge is 2.33. The summed E-state index contributed by atoms with van der Waals surface area (Å²) in [6, 6.07) is 5.63. The molecule has 0 aliphatic carbocycles. The Labute approximate surface area is 150 Å². The third-order valence-corrected chi connectivity index (χ3v) is 4.08. The van der Waals surface area contributed by atoms with Gasteiger partial charge in [0.1, 0.15) is 6.54 Å². The van der Waals surface area contributed by atoms with Gasteiger partial charge in [-0.3, -0.25) is 9.59 Å². The maximum atomic E-state index is 12.4. The van der Waals surface area contributed by atoms with Gasteiger partial charge in [-0.05, 0) is 37.1 Å². The molecule has 5 nitrogen and oxygen atoms in total. The van der Waals surface area contributed by atoms with Crippen molar-refractivity contribution in [2.45, 2.75) is 32.9 Å². The number of alkyl halides is 3. The third kappa shape index (κ3) is 6.55. The Bertz CT molecular complexity index is 565. The van der Waals surface area contributed by atoms with E-state index in [0.29, 0.717) is 18.5 Å². The maximum Gasteiger partial charge on any atom is 0.405 e. The molecule has 1 aromatic carbocycles. The summed E-state index contributed by atoms with van der Waals surface area (Å²) in [6.07, 6.45) is -3.29. The van der Waals surface area contributed by atoms with Gasteiger partial charge in [0.15, 0.2) is 0 Å². The summed E-state index contributed by atoms with van der Waals surface area (Å²) in [4.78, 5) is 24.0. The number of hydrogen-bond donors (Lipinski definition) is 3. The van der Waals surface area contributed by atoms with E-state index in [1.165, 1.54) is 24.3 Å². The summed E-state index contributed by atoms with van der Waals surface area (Å²) < 4.78 is 36.2. The summed E-state index contributed by atoms with van der Waals surface area (Å²) >= 11 is 0. The largest absolute Gasteiger partial charge is 0.405 e. The van der Waals surface area contributed by atoms with Gasteiger partial charge in [-0.15, -0.1) is 12.4 Å². The van der Waals surface area contributed by atoms with Gasteiger partial charge >= 0.3 is 6.18 Å². The first-order chi connectivity index (χ1) is 11.2. The minimum Gasteiger partial charge on any atom is -0.343 e. The van der Waals surface area contributed by atoms with Crippen molar-refractivity contribution >= 4 is 29.9 Å². The molecule has 0 fully saturated rings. The molecule has 0 aliphatic rings. The van der Waals surface area contributed by atoms with E-state index >= 15 is 0 Å². The number of nitrogens with two attached hydrogens (primary N) is 1. The van der Waals surface area contributed by atoms with E-state index in [0.717, 1.165) is 0 Å². The smallest absolute Gasteiger partial charge is 0.343 e. The Balaban J connectivity index is 0.00000576. The van der Waals surface area contributed by atoms with Crippen molar-refractivity contribution in [2.24, 2.45) is 11.1 Å². The molecular formula is C16H23ClF3N3O2. The highest BCUT2D eigenvalue weighted by atomic mass is 35.5. The van der Waals surface area contributed by atoms with E-state index in [2.05, 4.69) is 5.32 Å². The highest BCUT2D eigenvalue weighted by Crippen LogP contribution is 2.27. The lowest BCUT2D eigenvalue weighted by Gasteiger charge is -2.28. The molecule has 4 N–H and O–H groups in total. The summed E-state index contributed by atoms with van der Waals surface area (Å²) in [5.74, 6) is -1.05. The summed E-state index contributed by atoms with van der Waals surface area (Å²) in [7, 11) is 0. The molecular weight excluding hydrogens is 359 g/mol. The first kappa shape index (κ1) is 23.2. The van der Waals surface area contributed by atoms with Crippen LogP contribution in [0.1, 0.15) is 37.0 Å². The average Bonchev–Trinajstić information content (AvgIpc) is 2.55. The molecule has 2 amide bonds. The second-order valence-electron chi connectivity index (χ2n) is 5.52. The van der Waals surface area contributed by atoms with Crippen molar-refractivity contribution < 1.29 is 22.8 Å². The second kappa shape index (κ2) is 9.62. The molecule has 0 bridgehead atoms. The van der Waals surface area contributed by atoms with Crippen LogP contribution in [0.25, 0.3) is 0 Å². The van der Waals surface area contributed by atoms with Crippen LogP contribution in [-0.4, -0.2) is 31.1 Å². The van der Waals surface area contributed by atoms with Crippen LogP contribution in [0.5, 0.6) is 0 Å². The molecule has 0 radical (unpaired) electrons. The number of carbonyl (C=O) groups is 2. The van der Waals surface area contributed by atoms with Crippen LogP contribution in [0, 0.1) is 5.41 Å². The van der Waals surface area contributed by atoms with Crippen molar-refractivity contribution in [1.82, 2.24) is 5.32 Å². The number of carbonyl (C=O) groups excluding carboxylic acids is 2. The Hall–Kier alpha value is -1.80. The van der Waals surface area contributed by atoms with Crippen LogP contribution < -0.4 is 16.4 Å². The van der Waals surface area contributed by atoms with Crippen molar-refractivity contribution in [3.63, 3.8) is 0 Å². The number of benzene rings is 1. The molecule has 0 saturated carbocycles. The van der Waals surface area contributed by atoms with E-state index in [9.17, 15) is 22.8 Å². The molecule has 0 spiro atoms. The zero-order valence-corrected chi connectivity index (χ0v) is 14.9. The van der Waals surface area contributed by atoms with Gasteiger partial charge in [0.05, 0.1) is 5.41 Å². The molecule has 1 aromatic rings. The predicted molar refractivity (Wildman–Crippen MR) is 92.8 cm³/mol. The Morgan fingerprint density at radius 3 is 2.00 bits per heavy atom. The SMILES string of the molecule is CCC(CC)(CN)C(=O)Nc1ccc(C(=O)NCC(F)(F)F)cc1.Cl. The van der Waals surface area contributed by atoms with Gasteiger partial charge in [-0.25, -0.2) is 0 Å². The first-order valence-electron chi connectivity index (χ1n) is 7.64. The molecule has 0 saturated heterocycles. The zero-order chi connectivity index (χ0) is 18.4. The van der Waals surface area contributed by atoms with E-state index in [1.54, 1.807) is 5.32 Å². The minimum atomic E-state index is -4.46. The van der Waals surface area contributed by atoms with Gasteiger partial charge in [0, 0.05) is 17.8 Å². The topological polar surface area (TPSA) is 84.2 Å². The summed E-state index contributed by atoms with van der Waals surface area (Å²) in [5.41, 5.74) is 5.57. The molecule has 9 heteroatoms. The number of amides is 2. The molecule has 142 valence electrons. The zero-order valence-electron chi connectivity index (χ0n) is 14.1. The molecule has 0 heterocycles. The van der Waals surface area contributed by atoms with E-state index in [-0.39, 0.29) is 30.4 Å². The number of rotatable bonds is 7. The molecule has 0 aliphatic heterocycles. The van der Waals surface area contributed by atoms with Crippen molar-refractivity contribution in [1.29, 1.82) is 0 Å². The molecule has 0 aromatic heterocycles. The number of nitrogens with one attached hydrogen (secondary N) is 2. The number of hydrogen-bond acceptors (Lipinski definition) is 3. The Morgan fingerprint density at radius 1 is 1.08 bits per heavy atom. The minimum absolute atomic E-state index is 0. The fourth-order valence-electron chi connectivity index (χ4n) is 2.20. The van der Waals surface area contributed by atoms with Crippen molar-refractivity contribution in [3.05, 3.63) is 29.8 Å². The second-order valence-corrected chi connectivity index (χ2v) is 5.52. The van der Waals surface area contributed by atoms with Crippen LogP contribution >= 0.6 is 12.4 Å². The molecule has 0 unspecified atom stereocenters. The lowest BCUT2D eigenvalue weighted by molar-refractivity contribution is -0.125. The van der Waals surface area contributed by atoms with Gasteiger partial charge in [0.25, 0.3) is 5.91 Å². The third-order valence-electron chi connectivity index (χ3n) is 4.08. The number of halogens is 4. The summed E-state index contributed by atoms with van der Waals surface area (Å²) in [5, 5.41) is 4.51. The summed E-state index contributed by atoms with van der Waals surface area (Å²) in [6.45, 7) is 2.58. The Morgan fingerprint density at radius 2 is 1.60 bits per heavy atom. The Kier molecular flexibility index (Phi) is 8.93. The van der Waals surface area contributed by atoms with Crippen LogP contribution in [0.3, 0.4) is 0 Å². The lowest BCUT2D eigenvalue weighted by Crippen LogP contribution is -2.41. The number of anilines is 1. The highest BCUT2D eigenvalue weighted by molar-refractivity contribution is 5.97. The van der Waals surface area contributed by atoms with Crippen LogP contribution in [0.4, 0.5) is 18.9 Å². The quantitative estimate of drug-likeness (QED) is 0.678.